The van der Waals surface area contributed by atoms with Gasteiger partial charge < -0.3 is 0 Å². The average molecular weight is 290 g/mol. The van der Waals surface area contributed by atoms with Crippen molar-refractivity contribution in [3.05, 3.63) is 60.2 Å². The van der Waals surface area contributed by atoms with E-state index in [1.807, 2.05) is 0 Å². The third-order valence-electron chi connectivity index (χ3n) is 4.66. The third-order valence-corrected chi connectivity index (χ3v) is 4.66. The first-order chi connectivity index (χ1) is 10.9. The second-order valence-electron chi connectivity index (χ2n) is 6.32. The lowest BCUT2D eigenvalue weighted by atomic mass is 9.93. The van der Waals surface area contributed by atoms with Crippen LogP contribution in [0.25, 0.3) is 21.5 Å². The molecule has 114 valence electrons. The summed E-state index contributed by atoms with van der Waals surface area (Å²) in [4.78, 5) is 0. The molecule has 0 unspecified atom stereocenters. The summed E-state index contributed by atoms with van der Waals surface area (Å²) < 4.78 is 0. The van der Waals surface area contributed by atoms with Gasteiger partial charge >= 0.3 is 0 Å². The lowest BCUT2D eigenvalue weighted by Crippen LogP contribution is -1.91. The van der Waals surface area contributed by atoms with Crippen LogP contribution in [-0.2, 0) is 6.42 Å². The number of rotatable bonds is 7. The van der Waals surface area contributed by atoms with Crippen LogP contribution in [0, 0.1) is 0 Å². The molecule has 0 radical (unpaired) electrons. The summed E-state index contributed by atoms with van der Waals surface area (Å²) in [5, 5.41) is 5.63. The molecule has 22 heavy (non-hydrogen) atoms. The first kappa shape index (κ1) is 15.1. The maximum Gasteiger partial charge on any atom is -0.0146 e. The minimum Gasteiger partial charge on any atom is -0.0654 e. The van der Waals surface area contributed by atoms with E-state index in [0.717, 1.165) is 0 Å². The smallest absolute Gasteiger partial charge is 0.0146 e. The normalized spacial score (nSPS) is 11.3. The largest absolute Gasteiger partial charge is 0.0654 e. The van der Waals surface area contributed by atoms with Crippen molar-refractivity contribution in [3.8, 4) is 0 Å². The molecule has 3 aromatic rings. The van der Waals surface area contributed by atoms with Gasteiger partial charge in [-0.05, 0) is 46.0 Å². The highest BCUT2D eigenvalue weighted by Gasteiger charge is 2.06. The highest BCUT2D eigenvalue weighted by Crippen LogP contribution is 2.29. The van der Waals surface area contributed by atoms with Gasteiger partial charge in [0.15, 0.2) is 0 Å². The van der Waals surface area contributed by atoms with Crippen LogP contribution < -0.4 is 0 Å². The Balaban J connectivity index is 1.85. The molecule has 0 saturated carbocycles. The van der Waals surface area contributed by atoms with Crippen LogP contribution in [0.5, 0.6) is 0 Å². The fourth-order valence-corrected chi connectivity index (χ4v) is 3.46. The van der Waals surface area contributed by atoms with Gasteiger partial charge in [-0.25, -0.2) is 0 Å². The van der Waals surface area contributed by atoms with Gasteiger partial charge in [-0.3, -0.25) is 0 Å². The van der Waals surface area contributed by atoms with Gasteiger partial charge in [-0.2, -0.15) is 0 Å². The zero-order valence-electron chi connectivity index (χ0n) is 13.6. The summed E-state index contributed by atoms with van der Waals surface area (Å²) >= 11 is 0. The number of aryl methyl sites for hydroxylation is 1. The Morgan fingerprint density at radius 1 is 0.636 bits per heavy atom. The van der Waals surface area contributed by atoms with E-state index in [1.54, 1.807) is 5.56 Å². The quantitative estimate of drug-likeness (QED) is 0.328. The van der Waals surface area contributed by atoms with Gasteiger partial charge in [0.05, 0.1) is 0 Å². The molecule has 0 amide bonds. The number of fused-ring (bicyclic) bond motifs is 2. The SMILES string of the molecule is CCCCCCCCc1c2ccccc2cc2ccccc12. The molecular formula is C22H26. The maximum absolute atomic E-state index is 2.33. The molecule has 0 bridgehead atoms. The van der Waals surface area contributed by atoms with Gasteiger partial charge in [0.25, 0.3) is 0 Å². The Bertz CT molecular complexity index is 685. The van der Waals surface area contributed by atoms with Gasteiger partial charge in [-0.1, -0.05) is 87.6 Å². The molecule has 3 rings (SSSR count). The molecule has 0 aromatic heterocycles. The topological polar surface area (TPSA) is 0 Å². The average Bonchev–Trinajstić information content (AvgIpc) is 2.57. The summed E-state index contributed by atoms with van der Waals surface area (Å²) in [6.45, 7) is 2.28. The molecule has 0 fully saturated rings. The van der Waals surface area contributed by atoms with E-state index in [4.69, 9.17) is 0 Å². The van der Waals surface area contributed by atoms with Crippen LogP contribution in [0.3, 0.4) is 0 Å². The maximum atomic E-state index is 2.33. The molecule has 0 heterocycles. The zero-order valence-corrected chi connectivity index (χ0v) is 13.6. The van der Waals surface area contributed by atoms with Crippen molar-refractivity contribution in [2.75, 3.05) is 0 Å². The van der Waals surface area contributed by atoms with E-state index in [1.165, 1.54) is 66.5 Å². The first-order valence-electron chi connectivity index (χ1n) is 8.79. The molecule has 0 saturated heterocycles. The number of hydrogen-bond acceptors (Lipinski definition) is 0. The number of hydrogen-bond donors (Lipinski definition) is 0. The Labute approximate surface area is 134 Å². The van der Waals surface area contributed by atoms with Gasteiger partial charge in [0.1, 0.15) is 0 Å². The van der Waals surface area contributed by atoms with Crippen LogP contribution in [0.1, 0.15) is 51.0 Å². The highest BCUT2D eigenvalue weighted by molar-refractivity contribution is 6.02. The monoisotopic (exact) mass is 290 g/mol. The molecule has 0 heteroatoms. The lowest BCUT2D eigenvalue weighted by Gasteiger charge is -2.11. The Morgan fingerprint density at radius 2 is 1.18 bits per heavy atom. The Kier molecular flexibility index (Phi) is 5.11. The third kappa shape index (κ3) is 3.32. The van der Waals surface area contributed by atoms with Gasteiger partial charge in [0.2, 0.25) is 0 Å². The molecule has 3 aromatic carbocycles. The molecule has 0 aliphatic heterocycles. The van der Waals surface area contributed by atoms with Crippen molar-refractivity contribution < 1.29 is 0 Å². The van der Waals surface area contributed by atoms with E-state index >= 15 is 0 Å². The van der Waals surface area contributed by atoms with Crippen molar-refractivity contribution in [1.82, 2.24) is 0 Å². The van der Waals surface area contributed by atoms with Crippen LogP contribution in [-0.4, -0.2) is 0 Å². The first-order valence-corrected chi connectivity index (χ1v) is 8.79. The molecule has 0 aliphatic carbocycles. The standard InChI is InChI=1S/C22H26/c1-2-3-4-5-6-7-16-22-20-14-10-8-12-18(20)17-19-13-9-11-15-21(19)22/h8-15,17H,2-7,16H2,1H3. The number of benzene rings is 3. The van der Waals surface area contributed by atoms with Crippen LogP contribution in [0.4, 0.5) is 0 Å². The minimum atomic E-state index is 1.20. The van der Waals surface area contributed by atoms with E-state index in [-0.39, 0.29) is 0 Å². The summed E-state index contributed by atoms with van der Waals surface area (Å²) in [7, 11) is 0. The predicted molar refractivity (Wildman–Crippen MR) is 98.5 cm³/mol. The highest BCUT2D eigenvalue weighted by atomic mass is 14.1. The molecule has 0 N–H and O–H groups in total. The summed E-state index contributed by atoms with van der Waals surface area (Å²) in [5.41, 5.74) is 1.55. The van der Waals surface area contributed by atoms with Gasteiger partial charge in [0, 0.05) is 0 Å². The van der Waals surface area contributed by atoms with Crippen molar-refractivity contribution in [2.45, 2.75) is 51.9 Å². The molecule has 0 aliphatic rings. The minimum absolute atomic E-state index is 1.20. The summed E-state index contributed by atoms with van der Waals surface area (Å²) in [6, 6.07) is 20.0. The molecule has 0 atom stereocenters. The van der Waals surface area contributed by atoms with Crippen molar-refractivity contribution in [3.63, 3.8) is 0 Å². The van der Waals surface area contributed by atoms with Crippen molar-refractivity contribution >= 4 is 21.5 Å². The fraction of sp³-hybridized carbons (Fsp3) is 0.364. The summed E-state index contributed by atoms with van der Waals surface area (Å²) in [6.07, 6.45) is 9.36. The fourth-order valence-electron chi connectivity index (χ4n) is 3.46. The molecule has 0 nitrogen and oxygen atoms in total. The van der Waals surface area contributed by atoms with E-state index in [9.17, 15) is 0 Å². The second kappa shape index (κ2) is 7.45. The second-order valence-corrected chi connectivity index (χ2v) is 6.32. The van der Waals surface area contributed by atoms with Crippen molar-refractivity contribution in [2.24, 2.45) is 0 Å². The van der Waals surface area contributed by atoms with Gasteiger partial charge in [-0.15, -0.1) is 0 Å². The molecule has 0 spiro atoms. The van der Waals surface area contributed by atoms with E-state index in [2.05, 4.69) is 61.5 Å². The van der Waals surface area contributed by atoms with Crippen LogP contribution >= 0.6 is 0 Å². The van der Waals surface area contributed by atoms with Crippen LogP contribution in [0.15, 0.2) is 54.6 Å². The van der Waals surface area contributed by atoms with E-state index in [0.29, 0.717) is 0 Å². The zero-order chi connectivity index (χ0) is 15.2. The van der Waals surface area contributed by atoms with Crippen molar-refractivity contribution in [1.29, 1.82) is 0 Å². The number of unbranched alkanes of at least 4 members (excludes halogenated alkanes) is 5. The van der Waals surface area contributed by atoms with E-state index < -0.39 is 0 Å². The Hall–Kier alpha value is -1.82. The Morgan fingerprint density at radius 3 is 1.82 bits per heavy atom. The predicted octanol–water partition coefficient (Wildman–Crippen LogP) is 6.90. The van der Waals surface area contributed by atoms with Crippen LogP contribution in [0.2, 0.25) is 0 Å². The lowest BCUT2D eigenvalue weighted by molar-refractivity contribution is 0.609. The summed E-state index contributed by atoms with van der Waals surface area (Å²) in [5.74, 6) is 0. The molecular weight excluding hydrogens is 264 g/mol.